The first kappa shape index (κ1) is 28.1. The molecule has 0 aromatic heterocycles. The van der Waals surface area contributed by atoms with E-state index in [1.807, 2.05) is 36.4 Å². The maximum Gasteiger partial charge on any atom is 0.408 e. The number of aliphatic hydroxyl groups is 1. The highest BCUT2D eigenvalue weighted by Crippen LogP contribution is 2.09. The fourth-order valence-electron chi connectivity index (χ4n) is 3.43. The van der Waals surface area contributed by atoms with E-state index >= 15 is 0 Å². The minimum absolute atomic E-state index is 0.0290. The molecule has 0 unspecified atom stereocenters. The number of benzene rings is 2. The third kappa shape index (κ3) is 9.63. The maximum absolute atomic E-state index is 13.1. The summed E-state index contributed by atoms with van der Waals surface area (Å²) >= 11 is 0. The Morgan fingerprint density at radius 2 is 1.56 bits per heavy atom. The van der Waals surface area contributed by atoms with Crippen molar-refractivity contribution in [2.45, 2.75) is 37.6 Å². The number of hydrogen-bond acceptors (Lipinski definition) is 6. The minimum Gasteiger partial charge on any atom is -0.445 e. The van der Waals surface area contributed by atoms with Crippen molar-refractivity contribution in [3.05, 3.63) is 71.8 Å². The van der Waals surface area contributed by atoms with E-state index in [2.05, 4.69) is 16.0 Å². The van der Waals surface area contributed by atoms with E-state index in [0.717, 1.165) is 11.1 Å². The SMILES string of the molecule is CNC(=O)N(C)C[C@H](O)[C@H](Cc1ccccc1)NC(=O)[C@H](CC(N)=O)NC(=O)OCc1ccccc1. The van der Waals surface area contributed by atoms with Crippen LogP contribution in [0.3, 0.4) is 0 Å². The summed E-state index contributed by atoms with van der Waals surface area (Å²) in [5.74, 6) is -1.54. The molecular formula is C25H33N5O6. The standard InChI is InChI=1S/C25H33N5O6/c1-27-24(34)30(2)15-21(31)19(13-17-9-5-3-6-10-17)28-23(33)20(14-22(26)32)29-25(35)36-16-18-11-7-4-8-12-18/h3-12,19-21,31H,13-16H2,1-2H3,(H2,26,32)(H,27,34)(H,28,33)(H,29,35)/t19-,20-,21-/m0/s1. The number of amides is 5. The molecule has 6 N–H and O–H groups in total. The zero-order valence-corrected chi connectivity index (χ0v) is 20.3. The van der Waals surface area contributed by atoms with Gasteiger partial charge in [0.2, 0.25) is 11.8 Å². The first-order valence-electron chi connectivity index (χ1n) is 11.4. The average molecular weight is 500 g/mol. The minimum atomic E-state index is -1.33. The molecule has 0 aliphatic carbocycles. The predicted molar refractivity (Wildman–Crippen MR) is 133 cm³/mol. The number of aliphatic hydroxyl groups excluding tert-OH is 1. The van der Waals surface area contributed by atoms with Crippen LogP contribution in [0, 0.1) is 0 Å². The van der Waals surface area contributed by atoms with Gasteiger partial charge in [0.25, 0.3) is 0 Å². The maximum atomic E-state index is 13.1. The Bertz CT molecular complexity index is 1000. The molecule has 0 bridgehead atoms. The quantitative estimate of drug-likeness (QED) is 0.286. The summed E-state index contributed by atoms with van der Waals surface area (Å²) in [5.41, 5.74) is 6.86. The summed E-state index contributed by atoms with van der Waals surface area (Å²) in [5, 5.41) is 18.4. The number of alkyl carbamates (subject to hydrolysis) is 1. The molecule has 0 saturated heterocycles. The monoisotopic (exact) mass is 499 g/mol. The lowest BCUT2D eigenvalue weighted by atomic mass is 10.00. The van der Waals surface area contributed by atoms with Crippen molar-refractivity contribution >= 4 is 23.9 Å². The fourth-order valence-corrected chi connectivity index (χ4v) is 3.43. The lowest BCUT2D eigenvalue weighted by molar-refractivity contribution is -0.128. The number of primary amides is 1. The molecule has 194 valence electrons. The Kier molecular flexibility index (Phi) is 11.2. The number of hydrogen-bond donors (Lipinski definition) is 5. The molecule has 0 spiro atoms. The van der Waals surface area contributed by atoms with Crippen LogP contribution >= 0.6 is 0 Å². The number of likely N-dealkylation sites (N-methyl/N-ethyl adjacent to an activating group) is 1. The molecule has 0 fully saturated rings. The molecule has 2 aromatic rings. The van der Waals surface area contributed by atoms with Gasteiger partial charge in [-0.25, -0.2) is 9.59 Å². The molecule has 0 aliphatic heterocycles. The molecule has 11 heteroatoms. The lowest BCUT2D eigenvalue weighted by Gasteiger charge is -2.29. The van der Waals surface area contributed by atoms with E-state index in [9.17, 15) is 24.3 Å². The molecule has 0 saturated carbocycles. The second kappa shape index (κ2) is 14.3. The van der Waals surface area contributed by atoms with Crippen molar-refractivity contribution in [1.82, 2.24) is 20.9 Å². The van der Waals surface area contributed by atoms with E-state index in [1.165, 1.54) is 19.0 Å². The van der Waals surface area contributed by atoms with Crippen LogP contribution in [0.25, 0.3) is 0 Å². The number of nitrogens with zero attached hydrogens (tertiary/aromatic N) is 1. The predicted octanol–water partition coefficient (Wildman–Crippen LogP) is 0.516. The number of urea groups is 1. The van der Waals surface area contributed by atoms with Crippen LogP contribution in [0.5, 0.6) is 0 Å². The van der Waals surface area contributed by atoms with Crippen LogP contribution in [0.2, 0.25) is 0 Å². The number of carbonyl (C=O) groups is 4. The number of carbonyl (C=O) groups excluding carboxylic acids is 4. The van der Waals surface area contributed by atoms with Crippen LogP contribution in [-0.4, -0.2) is 72.8 Å². The average Bonchev–Trinajstić information content (AvgIpc) is 2.87. The zero-order valence-electron chi connectivity index (χ0n) is 20.3. The molecule has 11 nitrogen and oxygen atoms in total. The Balaban J connectivity index is 2.11. The van der Waals surface area contributed by atoms with Crippen LogP contribution < -0.4 is 21.7 Å². The number of nitrogens with two attached hydrogens (primary N) is 1. The van der Waals surface area contributed by atoms with Gasteiger partial charge in [-0.15, -0.1) is 0 Å². The summed E-state index contributed by atoms with van der Waals surface area (Å²) in [4.78, 5) is 50.1. The van der Waals surface area contributed by atoms with Crippen molar-refractivity contribution in [3.63, 3.8) is 0 Å². The smallest absolute Gasteiger partial charge is 0.408 e. The summed E-state index contributed by atoms with van der Waals surface area (Å²) in [6.45, 7) is -0.108. The number of ether oxygens (including phenoxy) is 1. The molecule has 0 heterocycles. The van der Waals surface area contributed by atoms with Crippen molar-refractivity contribution in [2.24, 2.45) is 5.73 Å². The van der Waals surface area contributed by atoms with Crippen LogP contribution in [0.4, 0.5) is 9.59 Å². The molecule has 0 aliphatic rings. The third-order valence-corrected chi connectivity index (χ3v) is 5.34. The van der Waals surface area contributed by atoms with E-state index < -0.39 is 48.5 Å². The Labute approximate surface area is 210 Å². The largest absolute Gasteiger partial charge is 0.445 e. The van der Waals surface area contributed by atoms with Gasteiger partial charge in [-0.1, -0.05) is 60.7 Å². The van der Waals surface area contributed by atoms with Gasteiger partial charge in [0.15, 0.2) is 0 Å². The van der Waals surface area contributed by atoms with Crippen LogP contribution in [-0.2, 0) is 27.4 Å². The summed E-state index contributed by atoms with van der Waals surface area (Å²) < 4.78 is 5.15. The highest BCUT2D eigenvalue weighted by Gasteiger charge is 2.29. The lowest BCUT2D eigenvalue weighted by Crippen LogP contribution is -2.56. The van der Waals surface area contributed by atoms with Crippen molar-refractivity contribution in [2.75, 3.05) is 20.6 Å². The number of nitrogens with one attached hydrogen (secondary N) is 3. The van der Waals surface area contributed by atoms with E-state index in [1.54, 1.807) is 24.3 Å². The first-order valence-corrected chi connectivity index (χ1v) is 11.4. The highest BCUT2D eigenvalue weighted by atomic mass is 16.5. The second-order valence-corrected chi connectivity index (χ2v) is 8.24. The van der Waals surface area contributed by atoms with Gasteiger partial charge >= 0.3 is 12.1 Å². The van der Waals surface area contributed by atoms with Gasteiger partial charge in [-0.2, -0.15) is 0 Å². The molecule has 36 heavy (non-hydrogen) atoms. The Morgan fingerprint density at radius 1 is 0.972 bits per heavy atom. The van der Waals surface area contributed by atoms with Crippen molar-refractivity contribution in [3.8, 4) is 0 Å². The molecular weight excluding hydrogens is 466 g/mol. The van der Waals surface area contributed by atoms with E-state index in [0.29, 0.717) is 0 Å². The topological polar surface area (TPSA) is 163 Å². The zero-order chi connectivity index (χ0) is 26.5. The molecule has 0 radical (unpaired) electrons. The second-order valence-electron chi connectivity index (χ2n) is 8.24. The van der Waals surface area contributed by atoms with Gasteiger partial charge in [-0.05, 0) is 17.5 Å². The molecule has 2 aromatic carbocycles. The summed E-state index contributed by atoms with van der Waals surface area (Å²) in [7, 11) is 2.97. The van der Waals surface area contributed by atoms with Gasteiger partial charge in [0.1, 0.15) is 12.6 Å². The van der Waals surface area contributed by atoms with Crippen molar-refractivity contribution < 1.29 is 29.0 Å². The molecule has 3 atom stereocenters. The summed E-state index contributed by atoms with van der Waals surface area (Å²) in [6, 6.07) is 15.5. The first-order chi connectivity index (χ1) is 17.2. The van der Waals surface area contributed by atoms with Gasteiger partial charge < -0.3 is 36.4 Å². The Hall–Kier alpha value is -4.12. The van der Waals surface area contributed by atoms with Gasteiger partial charge in [0.05, 0.1) is 25.1 Å². The van der Waals surface area contributed by atoms with Gasteiger partial charge in [0, 0.05) is 14.1 Å². The van der Waals surface area contributed by atoms with Crippen LogP contribution in [0.1, 0.15) is 17.5 Å². The van der Waals surface area contributed by atoms with E-state index in [-0.39, 0.29) is 19.6 Å². The fraction of sp³-hybridized carbons (Fsp3) is 0.360. The van der Waals surface area contributed by atoms with Crippen LogP contribution in [0.15, 0.2) is 60.7 Å². The molecule has 2 rings (SSSR count). The summed E-state index contributed by atoms with van der Waals surface area (Å²) in [6.07, 6.45) is -2.30. The highest BCUT2D eigenvalue weighted by molar-refractivity contribution is 5.90. The van der Waals surface area contributed by atoms with Crippen molar-refractivity contribution in [1.29, 1.82) is 0 Å². The Morgan fingerprint density at radius 3 is 2.11 bits per heavy atom. The molecule has 5 amide bonds. The number of rotatable bonds is 12. The normalized spacial score (nSPS) is 13.0. The van der Waals surface area contributed by atoms with Gasteiger partial charge in [-0.3, -0.25) is 9.59 Å². The van der Waals surface area contributed by atoms with E-state index in [4.69, 9.17) is 10.5 Å². The third-order valence-electron chi connectivity index (χ3n) is 5.34.